The molecule has 0 spiro atoms. The van der Waals surface area contributed by atoms with Crippen molar-refractivity contribution in [3.63, 3.8) is 0 Å². The first kappa shape index (κ1) is 13.6. The summed E-state index contributed by atoms with van der Waals surface area (Å²) >= 11 is 0. The van der Waals surface area contributed by atoms with Gasteiger partial charge in [0.15, 0.2) is 0 Å². The van der Waals surface area contributed by atoms with Gasteiger partial charge in [0.1, 0.15) is 0 Å². The number of rotatable bonds is 3. The van der Waals surface area contributed by atoms with E-state index in [0.717, 1.165) is 17.5 Å². The molecule has 2 amide bonds. The monoisotopic (exact) mass is 260 g/mol. The first-order valence-electron chi connectivity index (χ1n) is 6.71. The minimum Gasteiger partial charge on any atom is -0.342 e. The summed E-state index contributed by atoms with van der Waals surface area (Å²) in [6, 6.07) is 7.78. The second-order valence-corrected chi connectivity index (χ2v) is 5.18. The van der Waals surface area contributed by atoms with Gasteiger partial charge in [0, 0.05) is 31.7 Å². The maximum atomic E-state index is 12.5. The SMILES string of the molecule is CC(C)c1ccccc1C(=O)N1CCN(C=O)CC1. The fourth-order valence-electron chi connectivity index (χ4n) is 2.40. The first-order chi connectivity index (χ1) is 9.13. The van der Waals surface area contributed by atoms with Crippen LogP contribution in [0, 0.1) is 0 Å². The van der Waals surface area contributed by atoms with Crippen molar-refractivity contribution in [1.82, 2.24) is 9.80 Å². The van der Waals surface area contributed by atoms with Crippen molar-refractivity contribution in [2.75, 3.05) is 26.2 Å². The first-order valence-corrected chi connectivity index (χ1v) is 6.71. The van der Waals surface area contributed by atoms with E-state index in [9.17, 15) is 9.59 Å². The van der Waals surface area contributed by atoms with Gasteiger partial charge in [-0.15, -0.1) is 0 Å². The molecule has 0 bridgehead atoms. The van der Waals surface area contributed by atoms with Crippen LogP contribution in [0.4, 0.5) is 0 Å². The highest BCUT2D eigenvalue weighted by molar-refractivity contribution is 5.96. The molecule has 1 heterocycles. The zero-order valence-corrected chi connectivity index (χ0v) is 11.5. The molecule has 19 heavy (non-hydrogen) atoms. The maximum Gasteiger partial charge on any atom is 0.254 e. The fraction of sp³-hybridized carbons (Fsp3) is 0.467. The van der Waals surface area contributed by atoms with Gasteiger partial charge in [-0.2, -0.15) is 0 Å². The molecule has 0 aromatic heterocycles. The molecule has 0 saturated carbocycles. The van der Waals surface area contributed by atoms with E-state index in [2.05, 4.69) is 13.8 Å². The van der Waals surface area contributed by atoms with Crippen molar-refractivity contribution < 1.29 is 9.59 Å². The number of hydrogen-bond acceptors (Lipinski definition) is 2. The third-order valence-electron chi connectivity index (χ3n) is 3.56. The predicted octanol–water partition coefficient (Wildman–Crippen LogP) is 1.72. The van der Waals surface area contributed by atoms with E-state index in [4.69, 9.17) is 0 Å². The number of carbonyl (C=O) groups is 2. The van der Waals surface area contributed by atoms with Gasteiger partial charge in [-0.1, -0.05) is 32.0 Å². The molecule has 0 radical (unpaired) electrons. The van der Waals surface area contributed by atoms with E-state index >= 15 is 0 Å². The van der Waals surface area contributed by atoms with Gasteiger partial charge in [-0.25, -0.2) is 0 Å². The minimum absolute atomic E-state index is 0.0786. The molecular formula is C15H20N2O2. The molecule has 102 valence electrons. The second kappa shape index (κ2) is 5.87. The van der Waals surface area contributed by atoms with Gasteiger partial charge in [0.2, 0.25) is 6.41 Å². The third kappa shape index (κ3) is 2.95. The normalized spacial score (nSPS) is 15.7. The van der Waals surface area contributed by atoms with E-state index in [0.29, 0.717) is 32.1 Å². The van der Waals surface area contributed by atoms with Gasteiger partial charge in [0.25, 0.3) is 5.91 Å². The van der Waals surface area contributed by atoms with Crippen LogP contribution in [-0.2, 0) is 4.79 Å². The van der Waals surface area contributed by atoms with E-state index in [1.165, 1.54) is 0 Å². The summed E-state index contributed by atoms with van der Waals surface area (Å²) < 4.78 is 0. The van der Waals surface area contributed by atoms with Crippen LogP contribution in [-0.4, -0.2) is 48.3 Å². The van der Waals surface area contributed by atoms with Crippen molar-refractivity contribution in [2.45, 2.75) is 19.8 Å². The lowest BCUT2D eigenvalue weighted by Crippen LogP contribution is -2.48. The van der Waals surface area contributed by atoms with Gasteiger partial charge in [-0.3, -0.25) is 9.59 Å². The van der Waals surface area contributed by atoms with Crippen molar-refractivity contribution in [3.8, 4) is 0 Å². The van der Waals surface area contributed by atoms with Crippen LogP contribution in [0.15, 0.2) is 24.3 Å². The topological polar surface area (TPSA) is 40.6 Å². The Morgan fingerprint density at radius 1 is 1.16 bits per heavy atom. The molecule has 0 atom stereocenters. The van der Waals surface area contributed by atoms with Crippen LogP contribution in [0.5, 0.6) is 0 Å². The second-order valence-electron chi connectivity index (χ2n) is 5.18. The molecule has 1 aliphatic heterocycles. The minimum atomic E-state index is 0.0786. The van der Waals surface area contributed by atoms with Crippen molar-refractivity contribution in [3.05, 3.63) is 35.4 Å². The van der Waals surface area contributed by atoms with Gasteiger partial charge in [-0.05, 0) is 17.5 Å². The van der Waals surface area contributed by atoms with E-state index in [-0.39, 0.29) is 5.91 Å². The summed E-state index contributed by atoms with van der Waals surface area (Å²) in [5.74, 6) is 0.409. The highest BCUT2D eigenvalue weighted by Gasteiger charge is 2.23. The van der Waals surface area contributed by atoms with E-state index in [1.807, 2.05) is 29.2 Å². The smallest absolute Gasteiger partial charge is 0.254 e. The van der Waals surface area contributed by atoms with Crippen molar-refractivity contribution in [2.24, 2.45) is 0 Å². The lowest BCUT2D eigenvalue weighted by atomic mass is 9.96. The number of piperazine rings is 1. The van der Waals surface area contributed by atoms with Gasteiger partial charge in [0.05, 0.1) is 0 Å². The molecule has 1 fully saturated rings. The summed E-state index contributed by atoms with van der Waals surface area (Å²) in [5, 5.41) is 0. The van der Waals surface area contributed by atoms with Crippen LogP contribution >= 0.6 is 0 Å². The number of benzene rings is 1. The summed E-state index contributed by atoms with van der Waals surface area (Å²) in [7, 11) is 0. The summed E-state index contributed by atoms with van der Waals surface area (Å²) in [6.07, 6.45) is 0.851. The Kier molecular flexibility index (Phi) is 4.20. The Hall–Kier alpha value is -1.84. The Balaban J connectivity index is 2.14. The zero-order chi connectivity index (χ0) is 13.8. The highest BCUT2D eigenvalue weighted by atomic mass is 16.2. The van der Waals surface area contributed by atoms with Crippen LogP contribution in [0.25, 0.3) is 0 Å². The molecule has 1 aromatic rings. The molecule has 1 aromatic carbocycles. The standard InChI is InChI=1S/C15H20N2O2/c1-12(2)13-5-3-4-6-14(13)15(19)17-9-7-16(11-18)8-10-17/h3-6,11-12H,7-10H2,1-2H3. The van der Waals surface area contributed by atoms with Crippen molar-refractivity contribution >= 4 is 12.3 Å². The Morgan fingerprint density at radius 2 is 1.79 bits per heavy atom. The number of hydrogen-bond donors (Lipinski definition) is 0. The Morgan fingerprint density at radius 3 is 2.37 bits per heavy atom. The quantitative estimate of drug-likeness (QED) is 0.776. The molecule has 1 saturated heterocycles. The van der Waals surface area contributed by atoms with Crippen LogP contribution in [0.1, 0.15) is 35.7 Å². The van der Waals surface area contributed by atoms with E-state index in [1.54, 1.807) is 4.90 Å². The van der Waals surface area contributed by atoms with E-state index < -0.39 is 0 Å². The summed E-state index contributed by atoms with van der Waals surface area (Å²) in [6.45, 7) is 6.67. The third-order valence-corrected chi connectivity index (χ3v) is 3.56. The number of carbonyl (C=O) groups excluding carboxylic acids is 2. The average molecular weight is 260 g/mol. The van der Waals surface area contributed by atoms with Gasteiger partial charge < -0.3 is 9.80 Å². The van der Waals surface area contributed by atoms with Gasteiger partial charge >= 0.3 is 0 Å². The molecule has 0 N–H and O–H groups in total. The maximum absolute atomic E-state index is 12.5. The molecule has 0 unspecified atom stereocenters. The summed E-state index contributed by atoms with van der Waals surface area (Å²) in [5.41, 5.74) is 1.88. The largest absolute Gasteiger partial charge is 0.342 e. The molecule has 4 nitrogen and oxygen atoms in total. The predicted molar refractivity (Wildman–Crippen MR) is 74.1 cm³/mol. The molecule has 1 aliphatic rings. The van der Waals surface area contributed by atoms with Crippen LogP contribution in [0.2, 0.25) is 0 Å². The summed E-state index contributed by atoms with van der Waals surface area (Å²) in [4.78, 5) is 26.8. The van der Waals surface area contributed by atoms with Crippen molar-refractivity contribution in [1.29, 1.82) is 0 Å². The Labute approximate surface area is 114 Å². The lowest BCUT2D eigenvalue weighted by Gasteiger charge is -2.33. The molecule has 0 aliphatic carbocycles. The fourth-order valence-corrected chi connectivity index (χ4v) is 2.40. The van der Waals surface area contributed by atoms with Crippen LogP contribution < -0.4 is 0 Å². The number of amides is 2. The lowest BCUT2D eigenvalue weighted by molar-refractivity contribution is -0.119. The van der Waals surface area contributed by atoms with Crippen LogP contribution in [0.3, 0.4) is 0 Å². The Bertz CT molecular complexity index is 463. The highest BCUT2D eigenvalue weighted by Crippen LogP contribution is 2.21. The molecule has 4 heteroatoms. The average Bonchev–Trinajstić information content (AvgIpc) is 2.46. The number of nitrogens with zero attached hydrogens (tertiary/aromatic N) is 2. The molecular weight excluding hydrogens is 240 g/mol. The molecule has 2 rings (SSSR count). The zero-order valence-electron chi connectivity index (χ0n) is 11.5.